The van der Waals surface area contributed by atoms with E-state index in [-0.39, 0.29) is 5.91 Å². The maximum absolute atomic E-state index is 12.8. The van der Waals surface area contributed by atoms with Gasteiger partial charge in [-0.15, -0.1) is 5.10 Å². The molecular weight excluding hydrogens is 412 g/mol. The first-order valence-electron chi connectivity index (χ1n) is 8.93. The van der Waals surface area contributed by atoms with Gasteiger partial charge in [0, 0.05) is 11.2 Å². The molecule has 0 saturated carbocycles. The minimum Gasteiger partial charge on any atom is -0.464 e. The average Bonchev–Trinajstić information content (AvgIpc) is 3.21. The lowest BCUT2D eigenvalue weighted by molar-refractivity contribution is 0.102. The molecule has 0 spiro atoms. The van der Waals surface area contributed by atoms with E-state index in [9.17, 15) is 4.79 Å². The lowest BCUT2D eigenvalue weighted by Crippen LogP contribution is -2.16. The predicted octanol–water partition coefficient (Wildman–Crippen LogP) is 4.22. The first kappa shape index (κ1) is 19.5. The Morgan fingerprint density at radius 3 is 2.90 bits per heavy atom. The van der Waals surface area contributed by atoms with Crippen LogP contribution in [0.4, 0.5) is 5.13 Å². The Balaban J connectivity index is 1.42. The number of ether oxygens (including phenoxy) is 2. The van der Waals surface area contributed by atoms with E-state index in [1.807, 2.05) is 18.2 Å². The van der Waals surface area contributed by atoms with Crippen molar-refractivity contribution < 1.29 is 14.3 Å². The lowest BCUT2D eigenvalue weighted by Gasteiger charge is -2.15. The molecule has 9 heteroatoms. The summed E-state index contributed by atoms with van der Waals surface area (Å²) >= 11 is 7.04. The van der Waals surface area contributed by atoms with Crippen molar-refractivity contribution in [3.8, 4) is 5.19 Å². The fraction of sp³-hybridized carbons (Fsp3) is 0.200. The van der Waals surface area contributed by atoms with Gasteiger partial charge in [0.15, 0.2) is 0 Å². The minimum absolute atomic E-state index is 0.291. The third-order valence-electron chi connectivity index (χ3n) is 4.22. The molecule has 29 heavy (non-hydrogen) atoms. The summed E-state index contributed by atoms with van der Waals surface area (Å²) in [4.78, 5) is 17.2. The number of carbonyl (C=O) groups is 1. The van der Waals surface area contributed by atoms with Crippen molar-refractivity contribution >= 4 is 39.5 Å². The number of rotatable bonds is 6. The summed E-state index contributed by atoms with van der Waals surface area (Å²) in [5, 5.41) is 12.1. The number of nitrogens with zero attached hydrogens (tertiary/aromatic N) is 3. The van der Waals surface area contributed by atoms with Gasteiger partial charge in [0.05, 0.1) is 24.5 Å². The van der Waals surface area contributed by atoms with E-state index in [4.69, 9.17) is 21.1 Å². The summed E-state index contributed by atoms with van der Waals surface area (Å²) in [5.74, 6) is -0.291. The van der Waals surface area contributed by atoms with Crippen molar-refractivity contribution in [2.75, 3.05) is 18.5 Å². The zero-order valence-electron chi connectivity index (χ0n) is 15.3. The normalized spacial score (nSPS) is 13.6. The van der Waals surface area contributed by atoms with E-state index in [1.165, 1.54) is 0 Å². The van der Waals surface area contributed by atoms with Crippen LogP contribution in [-0.2, 0) is 11.3 Å². The van der Waals surface area contributed by atoms with E-state index in [0.29, 0.717) is 46.4 Å². The number of halogens is 1. The number of carbonyl (C=O) groups excluding carboxylic acids is 1. The maximum atomic E-state index is 12.8. The highest BCUT2D eigenvalue weighted by Crippen LogP contribution is 2.26. The number of hydrogen-bond donors (Lipinski definition) is 1. The molecule has 3 heterocycles. The molecule has 2 aromatic heterocycles. The fourth-order valence-electron chi connectivity index (χ4n) is 2.80. The number of benzene rings is 1. The van der Waals surface area contributed by atoms with Crippen molar-refractivity contribution in [1.29, 1.82) is 0 Å². The van der Waals surface area contributed by atoms with Gasteiger partial charge in [-0.05, 0) is 53.2 Å². The Labute approximate surface area is 176 Å². The van der Waals surface area contributed by atoms with Crippen LogP contribution in [0.25, 0.3) is 5.57 Å². The van der Waals surface area contributed by atoms with Crippen molar-refractivity contribution in [3.63, 3.8) is 0 Å². The first-order chi connectivity index (χ1) is 14.2. The summed E-state index contributed by atoms with van der Waals surface area (Å²) in [5.41, 5.74) is 3.11. The molecule has 148 valence electrons. The summed E-state index contributed by atoms with van der Waals surface area (Å²) in [7, 11) is 0. The van der Waals surface area contributed by atoms with Gasteiger partial charge in [-0.3, -0.25) is 15.1 Å². The van der Waals surface area contributed by atoms with Crippen LogP contribution < -0.4 is 10.1 Å². The highest BCUT2D eigenvalue weighted by molar-refractivity contribution is 7.17. The summed E-state index contributed by atoms with van der Waals surface area (Å²) < 4.78 is 11.0. The molecule has 0 aliphatic carbocycles. The van der Waals surface area contributed by atoms with Gasteiger partial charge >= 0.3 is 0 Å². The highest BCUT2D eigenvalue weighted by atomic mass is 35.5. The quantitative estimate of drug-likeness (QED) is 0.632. The van der Waals surface area contributed by atoms with Crippen LogP contribution in [0.3, 0.4) is 0 Å². The molecule has 0 fully saturated rings. The van der Waals surface area contributed by atoms with Crippen molar-refractivity contribution in [2.45, 2.75) is 13.0 Å². The van der Waals surface area contributed by atoms with E-state index in [2.05, 4.69) is 20.5 Å². The zero-order valence-corrected chi connectivity index (χ0v) is 16.9. The molecule has 1 aliphatic rings. The molecule has 0 bridgehead atoms. The SMILES string of the molecule is O=C(Nc1nnc(OCc2ccc(Cl)cc2)s1)c1cccnc1C1=CCOCC1. The number of hydrogen-bond acceptors (Lipinski definition) is 7. The van der Waals surface area contributed by atoms with E-state index >= 15 is 0 Å². The van der Waals surface area contributed by atoms with Gasteiger partial charge in [0.25, 0.3) is 11.1 Å². The number of anilines is 1. The molecule has 0 radical (unpaired) electrons. The third-order valence-corrected chi connectivity index (χ3v) is 5.23. The molecule has 0 saturated heterocycles. The summed E-state index contributed by atoms with van der Waals surface area (Å²) in [6.07, 6.45) is 4.35. The average molecular weight is 429 g/mol. The fourth-order valence-corrected chi connectivity index (χ4v) is 3.51. The molecule has 3 aromatic rings. The largest absolute Gasteiger partial charge is 0.464 e. The monoisotopic (exact) mass is 428 g/mol. The summed E-state index contributed by atoms with van der Waals surface area (Å²) in [6, 6.07) is 10.8. The van der Waals surface area contributed by atoms with Crippen LogP contribution in [-0.4, -0.2) is 34.3 Å². The molecule has 4 rings (SSSR count). The van der Waals surface area contributed by atoms with E-state index < -0.39 is 0 Å². The van der Waals surface area contributed by atoms with Gasteiger partial charge in [0.1, 0.15) is 6.61 Å². The van der Waals surface area contributed by atoms with Crippen LogP contribution in [0.1, 0.15) is 28.0 Å². The highest BCUT2D eigenvalue weighted by Gasteiger charge is 2.18. The van der Waals surface area contributed by atoms with Crippen LogP contribution >= 0.6 is 22.9 Å². The van der Waals surface area contributed by atoms with Crippen LogP contribution in [0, 0.1) is 0 Å². The first-order valence-corrected chi connectivity index (χ1v) is 10.1. The number of amides is 1. The molecule has 1 aromatic carbocycles. The number of pyridine rings is 1. The van der Waals surface area contributed by atoms with Gasteiger partial charge in [0.2, 0.25) is 5.13 Å². The molecular formula is C20H17ClN4O3S. The second kappa shape index (κ2) is 9.13. The minimum atomic E-state index is -0.291. The van der Waals surface area contributed by atoms with Crippen molar-refractivity contribution in [2.24, 2.45) is 0 Å². The molecule has 0 unspecified atom stereocenters. The van der Waals surface area contributed by atoms with Gasteiger partial charge in [-0.1, -0.05) is 34.9 Å². The number of aromatic nitrogens is 3. The zero-order chi connectivity index (χ0) is 20.1. The second-order valence-electron chi connectivity index (χ2n) is 6.20. The second-order valence-corrected chi connectivity index (χ2v) is 7.57. The smallest absolute Gasteiger partial charge is 0.296 e. The molecule has 1 N–H and O–H groups in total. The van der Waals surface area contributed by atoms with Crippen LogP contribution in [0.15, 0.2) is 48.7 Å². The van der Waals surface area contributed by atoms with Crippen LogP contribution in [0.5, 0.6) is 5.19 Å². The van der Waals surface area contributed by atoms with Gasteiger partial charge in [-0.25, -0.2) is 0 Å². The third kappa shape index (κ3) is 4.97. The Morgan fingerprint density at radius 2 is 2.10 bits per heavy atom. The lowest BCUT2D eigenvalue weighted by atomic mass is 10.0. The Morgan fingerprint density at radius 1 is 1.24 bits per heavy atom. The number of nitrogens with one attached hydrogen (secondary N) is 1. The van der Waals surface area contributed by atoms with E-state index in [1.54, 1.807) is 30.5 Å². The maximum Gasteiger partial charge on any atom is 0.296 e. The standard InChI is InChI=1S/C20H17ClN4O3S/c21-15-5-3-13(4-6-15)12-28-20-25-24-19(29-20)23-18(26)16-2-1-9-22-17(16)14-7-10-27-11-8-14/h1-7,9H,8,10-12H2,(H,23,24,26). The Hall–Kier alpha value is -2.81. The van der Waals surface area contributed by atoms with Crippen molar-refractivity contribution in [3.05, 3.63) is 70.5 Å². The molecule has 0 atom stereocenters. The summed E-state index contributed by atoms with van der Waals surface area (Å²) in [6.45, 7) is 1.48. The molecule has 1 aliphatic heterocycles. The predicted molar refractivity (Wildman–Crippen MR) is 111 cm³/mol. The van der Waals surface area contributed by atoms with Gasteiger partial charge in [-0.2, -0.15) is 0 Å². The van der Waals surface area contributed by atoms with Crippen molar-refractivity contribution in [1.82, 2.24) is 15.2 Å². The Kier molecular flexibility index (Phi) is 6.14. The van der Waals surface area contributed by atoms with Crippen LogP contribution in [0.2, 0.25) is 5.02 Å². The van der Waals surface area contributed by atoms with Gasteiger partial charge < -0.3 is 9.47 Å². The molecule has 1 amide bonds. The topological polar surface area (TPSA) is 86.2 Å². The van der Waals surface area contributed by atoms with E-state index in [0.717, 1.165) is 28.9 Å². The molecule has 7 nitrogen and oxygen atoms in total. The Bertz CT molecular complexity index is 1040.